The maximum Gasteiger partial charge on any atom is 0.330 e. The molecule has 0 aliphatic rings. The number of carbonyl (C=O) groups excluding carboxylic acids is 1. The number of pyridine rings is 1. The van der Waals surface area contributed by atoms with Crippen LogP contribution in [0.4, 0.5) is 0 Å². The van der Waals surface area contributed by atoms with E-state index in [9.17, 15) is 14.4 Å². The monoisotopic (exact) mass is 285 g/mol. The van der Waals surface area contributed by atoms with Crippen LogP contribution < -0.4 is 21.6 Å². The van der Waals surface area contributed by atoms with E-state index < -0.39 is 36.1 Å². The van der Waals surface area contributed by atoms with Gasteiger partial charge >= 0.3 is 11.9 Å². The van der Waals surface area contributed by atoms with Gasteiger partial charge in [0.15, 0.2) is 5.75 Å². The second kappa shape index (κ2) is 6.80. The molecule has 6 N–H and O–H groups in total. The number of aromatic nitrogens is 1. The Bertz CT molecular complexity index is 555. The maximum absolute atomic E-state index is 11.5. The van der Waals surface area contributed by atoms with Gasteiger partial charge in [0.2, 0.25) is 5.43 Å². The SMILES string of the molecule is N[C@@H](Cn1ccc(=O)c(OC(=O)[C@@H](N)CO)c1)C(=O)O. The van der Waals surface area contributed by atoms with Crippen molar-refractivity contribution in [3.63, 3.8) is 0 Å². The molecule has 0 fully saturated rings. The summed E-state index contributed by atoms with van der Waals surface area (Å²) >= 11 is 0. The largest absolute Gasteiger partial charge is 0.480 e. The Balaban J connectivity index is 2.89. The van der Waals surface area contributed by atoms with Gasteiger partial charge < -0.3 is 31.0 Å². The van der Waals surface area contributed by atoms with Crippen molar-refractivity contribution in [1.29, 1.82) is 0 Å². The van der Waals surface area contributed by atoms with Crippen LogP contribution in [0.25, 0.3) is 0 Å². The van der Waals surface area contributed by atoms with Crippen molar-refractivity contribution in [3.05, 3.63) is 28.7 Å². The van der Waals surface area contributed by atoms with Crippen LogP contribution in [0.3, 0.4) is 0 Å². The third-order valence-corrected chi connectivity index (χ3v) is 2.38. The number of nitrogens with two attached hydrogens (primary N) is 2. The van der Waals surface area contributed by atoms with Crippen molar-refractivity contribution in [2.45, 2.75) is 18.6 Å². The van der Waals surface area contributed by atoms with Gasteiger partial charge in [0, 0.05) is 18.8 Å². The second-order valence-electron chi connectivity index (χ2n) is 4.03. The van der Waals surface area contributed by atoms with Gasteiger partial charge in [0.25, 0.3) is 0 Å². The third-order valence-electron chi connectivity index (χ3n) is 2.38. The molecule has 9 heteroatoms. The highest BCUT2D eigenvalue weighted by Crippen LogP contribution is 2.04. The van der Waals surface area contributed by atoms with E-state index in [-0.39, 0.29) is 12.3 Å². The first-order valence-corrected chi connectivity index (χ1v) is 5.61. The number of carboxylic acids is 1. The summed E-state index contributed by atoms with van der Waals surface area (Å²) in [5.41, 5.74) is 10.0. The summed E-state index contributed by atoms with van der Waals surface area (Å²) < 4.78 is 6.03. The lowest BCUT2D eigenvalue weighted by molar-refractivity contribution is -0.139. The summed E-state index contributed by atoms with van der Waals surface area (Å²) in [6.07, 6.45) is 2.46. The number of carbonyl (C=O) groups is 2. The minimum Gasteiger partial charge on any atom is -0.480 e. The van der Waals surface area contributed by atoms with E-state index in [1.165, 1.54) is 10.8 Å². The molecule has 1 heterocycles. The molecule has 20 heavy (non-hydrogen) atoms. The highest BCUT2D eigenvalue weighted by molar-refractivity contribution is 5.78. The Labute approximate surface area is 113 Å². The van der Waals surface area contributed by atoms with Crippen molar-refractivity contribution in [3.8, 4) is 5.75 Å². The lowest BCUT2D eigenvalue weighted by Gasteiger charge is -2.12. The topological polar surface area (TPSA) is 158 Å². The average molecular weight is 285 g/mol. The van der Waals surface area contributed by atoms with E-state index in [1.54, 1.807) is 0 Å². The molecule has 2 atom stereocenters. The molecule has 1 aromatic rings. The smallest absolute Gasteiger partial charge is 0.330 e. The molecule has 0 spiro atoms. The normalized spacial score (nSPS) is 13.6. The number of aliphatic hydroxyl groups is 1. The number of hydrogen-bond acceptors (Lipinski definition) is 7. The zero-order chi connectivity index (χ0) is 15.3. The second-order valence-corrected chi connectivity index (χ2v) is 4.03. The average Bonchev–Trinajstić information content (AvgIpc) is 2.41. The molecule has 0 aromatic carbocycles. The van der Waals surface area contributed by atoms with E-state index in [0.717, 1.165) is 12.3 Å². The van der Waals surface area contributed by atoms with Gasteiger partial charge in [0.05, 0.1) is 12.8 Å². The van der Waals surface area contributed by atoms with Crippen LogP contribution in [-0.2, 0) is 16.1 Å². The number of hydrogen-bond donors (Lipinski definition) is 4. The summed E-state index contributed by atoms with van der Waals surface area (Å²) in [5, 5.41) is 17.4. The van der Waals surface area contributed by atoms with Gasteiger partial charge in [0.1, 0.15) is 12.1 Å². The molecule has 110 valence electrons. The molecule has 0 unspecified atom stereocenters. The van der Waals surface area contributed by atoms with E-state index in [4.69, 9.17) is 26.4 Å². The van der Waals surface area contributed by atoms with Crippen LogP contribution >= 0.6 is 0 Å². The minimum absolute atomic E-state index is 0.105. The lowest BCUT2D eigenvalue weighted by atomic mass is 10.3. The van der Waals surface area contributed by atoms with Crippen LogP contribution in [-0.4, -0.2) is 45.4 Å². The number of aliphatic hydroxyl groups excluding tert-OH is 1. The predicted molar refractivity (Wildman–Crippen MR) is 67.0 cm³/mol. The highest BCUT2D eigenvalue weighted by Gasteiger charge is 2.17. The quantitative estimate of drug-likeness (QED) is 0.417. The summed E-state index contributed by atoms with van der Waals surface area (Å²) in [6, 6.07) is -1.33. The molecule has 0 amide bonds. The van der Waals surface area contributed by atoms with Crippen molar-refractivity contribution in [2.75, 3.05) is 6.61 Å². The number of carboxylic acid groups (broad SMARTS) is 1. The Morgan fingerprint density at radius 3 is 2.55 bits per heavy atom. The summed E-state index contributed by atoms with van der Waals surface area (Å²) in [4.78, 5) is 33.5. The van der Waals surface area contributed by atoms with Crippen LogP contribution in [0, 0.1) is 0 Å². The molecule has 0 saturated carbocycles. The number of esters is 1. The minimum atomic E-state index is -1.26. The van der Waals surface area contributed by atoms with Crippen molar-refractivity contribution >= 4 is 11.9 Å². The molecule has 0 aliphatic heterocycles. The maximum atomic E-state index is 11.5. The van der Waals surface area contributed by atoms with Gasteiger partial charge in [-0.05, 0) is 0 Å². The molecule has 0 radical (unpaired) electrons. The number of nitrogens with zero attached hydrogens (tertiary/aromatic N) is 1. The molecule has 1 rings (SSSR count). The zero-order valence-corrected chi connectivity index (χ0v) is 10.4. The number of ether oxygens (including phenoxy) is 1. The van der Waals surface area contributed by atoms with E-state index >= 15 is 0 Å². The number of rotatable bonds is 6. The van der Waals surface area contributed by atoms with Gasteiger partial charge in [-0.1, -0.05) is 0 Å². The Morgan fingerprint density at radius 2 is 2.00 bits per heavy atom. The fourth-order valence-corrected chi connectivity index (χ4v) is 1.26. The van der Waals surface area contributed by atoms with Crippen LogP contribution in [0.15, 0.2) is 23.3 Å². The molecule has 1 aromatic heterocycles. The lowest BCUT2D eigenvalue weighted by Crippen LogP contribution is -2.38. The summed E-state index contributed by atoms with van der Waals surface area (Å²) in [6.45, 7) is -0.726. The van der Waals surface area contributed by atoms with Crippen LogP contribution in [0.1, 0.15) is 0 Å². The first kappa shape index (κ1) is 15.8. The summed E-state index contributed by atoms with van der Waals surface area (Å²) in [7, 11) is 0. The van der Waals surface area contributed by atoms with Gasteiger partial charge in [-0.15, -0.1) is 0 Å². The predicted octanol–water partition coefficient (Wildman–Crippen LogP) is -2.51. The summed E-state index contributed by atoms with van der Waals surface area (Å²) in [5.74, 6) is -2.49. The van der Waals surface area contributed by atoms with E-state index in [1.807, 2.05) is 0 Å². The van der Waals surface area contributed by atoms with E-state index in [0.29, 0.717) is 0 Å². The first-order valence-electron chi connectivity index (χ1n) is 5.61. The Morgan fingerprint density at radius 1 is 1.35 bits per heavy atom. The first-order chi connectivity index (χ1) is 9.35. The molecular weight excluding hydrogens is 270 g/mol. The molecule has 0 aliphatic carbocycles. The fraction of sp³-hybridized carbons (Fsp3) is 0.364. The van der Waals surface area contributed by atoms with Gasteiger partial charge in [-0.2, -0.15) is 0 Å². The molecule has 0 bridgehead atoms. The number of aliphatic carboxylic acids is 1. The molecule has 9 nitrogen and oxygen atoms in total. The third kappa shape index (κ3) is 4.16. The van der Waals surface area contributed by atoms with Crippen LogP contribution in [0.5, 0.6) is 5.75 Å². The standard InChI is InChI=1S/C11H15N3O6/c12-6(10(17)18)3-14-2-1-8(16)9(4-14)20-11(19)7(13)5-15/h1-2,4,6-7,15H,3,5,12-13H2,(H,17,18)/t6-,7-/m0/s1. The fourth-order valence-electron chi connectivity index (χ4n) is 1.26. The Kier molecular flexibility index (Phi) is 5.38. The van der Waals surface area contributed by atoms with Crippen molar-refractivity contribution in [2.24, 2.45) is 11.5 Å². The van der Waals surface area contributed by atoms with Gasteiger partial charge in [-0.25, -0.2) is 4.79 Å². The van der Waals surface area contributed by atoms with Gasteiger partial charge in [-0.3, -0.25) is 9.59 Å². The molecular formula is C11H15N3O6. The van der Waals surface area contributed by atoms with E-state index in [2.05, 4.69) is 0 Å². The zero-order valence-electron chi connectivity index (χ0n) is 10.4. The molecule has 0 saturated heterocycles. The van der Waals surface area contributed by atoms with Crippen molar-refractivity contribution < 1.29 is 24.5 Å². The van der Waals surface area contributed by atoms with Crippen LogP contribution in [0.2, 0.25) is 0 Å². The Hall–Kier alpha value is -2.23. The highest BCUT2D eigenvalue weighted by atomic mass is 16.5. The van der Waals surface area contributed by atoms with Crippen molar-refractivity contribution in [1.82, 2.24) is 4.57 Å².